The van der Waals surface area contributed by atoms with E-state index in [0.717, 1.165) is 58.0 Å². The van der Waals surface area contributed by atoms with Crippen molar-refractivity contribution in [2.24, 2.45) is 17.8 Å². The number of piperidine rings is 1. The van der Waals surface area contributed by atoms with Gasteiger partial charge in [-0.15, -0.1) is 24.8 Å². The second kappa shape index (κ2) is 13.8. The molecule has 3 rings (SSSR count). The van der Waals surface area contributed by atoms with E-state index in [1.54, 1.807) is 0 Å². The molecule has 3 aliphatic rings. The fourth-order valence-corrected chi connectivity index (χ4v) is 5.02. The number of halogens is 2. The van der Waals surface area contributed by atoms with Crippen molar-refractivity contribution in [2.45, 2.75) is 64.8 Å². The molecule has 2 saturated heterocycles. The third-order valence-electron chi connectivity index (χ3n) is 7.16. The Morgan fingerprint density at radius 2 is 1.57 bits per heavy atom. The van der Waals surface area contributed by atoms with E-state index in [2.05, 4.69) is 29.4 Å². The third kappa shape index (κ3) is 8.52. The van der Waals surface area contributed by atoms with E-state index >= 15 is 0 Å². The number of hydrogen-bond acceptors (Lipinski definition) is 4. The maximum atomic E-state index is 12.7. The molecule has 1 aliphatic carbocycles. The topological polar surface area (TPSA) is 64.7 Å². The summed E-state index contributed by atoms with van der Waals surface area (Å²) in [6.07, 6.45) is 7.73. The van der Waals surface area contributed by atoms with Gasteiger partial charge in [0.2, 0.25) is 11.8 Å². The molecule has 0 spiro atoms. The van der Waals surface area contributed by atoms with Gasteiger partial charge in [0.25, 0.3) is 0 Å². The lowest BCUT2D eigenvalue weighted by Gasteiger charge is -2.36. The molecule has 0 aromatic carbocycles. The van der Waals surface area contributed by atoms with E-state index in [0.29, 0.717) is 36.8 Å². The minimum Gasteiger partial charge on any atom is -0.352 e. The van der Waals surface area contributed by atoms with Gasteiger partial charge < -0.3 is 15.5 Å². The Bertz CT molecular complexity index is 515. The average molecular weight is 466 g/mol. The van der Waals surface area contributed by atoms with Gasteiger partial charge in [0.15, 0.2) is 0 Å². The lowest BCUT2D eigenvalue weighted by atomic mass is 9.84. The monoisotopic (exact) mass is 464 g/mol. The first-order chi connectivity index (χ1) is 13.5. The Kier molecular flexibility index (Phi) is 12.6. The number of nitrogens with one attached hydrogen (secondary N) is 2. The van der Waals surface area contributed by atoms with Crippen LogP contribution < -0.4 is 10.6 Å². The van der Waals surface area contributed by atoms with Crippen molar-refractivity contribution < 1.29 is 9.59 Å². The van der Waals surface area contributed by atoms with Gasteiger partial charge in [-0.3, -0.25) is 14.5 Å². The summed E-state index contributed by atoms with van der Waals surface area (Å²) in [6, 6.07) is 0.364. The Balaban J connectivity index is 0.00000225. The van der Waals surface area contributed by atoms with Crippen molar-refractivity contribution in [3.8, 4) is 0 Å². The average Bonchev–Trinajstić information content (AvgIpc) is 2.71. The van der Waals surface area contributed by atoms with E-state index in [1.165, 1.54) is 25.7 Å². The molecule has 30 heavy (non-hydrogen) atoms. The Hall–Kier alpha value is -0.560. The molecule has 2 amide bonds. The smallest absolute Gasteiger partial charge is 0.234 e. The van der Waals surface area contributed by atoms with E-state index in [1.807, 2.05) is 4.90 Å². The zero-order valence-corrected chi connectivity index (χ0v) is 20.4. The number of carbonyl (C=O) groups is 2. The molecule has 0 bridgehead atoms. The molecule has 6 nitrogen and oxygen atoms in total. The third-order valence-corrected chi connectivity index (χ3v) is 7.16. The van der Waals surface area contributed by atoms with Gasteiger partial charge in [0, 0.05) is 38.6 Å². The molecule has 1 saturated carbocycles. The number of piperazine rings is 1. The molecule has 0 aromatic rings. The predicted molar refractivity (Wildman–Crippen MR) is 126 cm³/mol. The minimum absolute atomic E-state index is 0. The van der Waals surface area contributed by atoms with Crippen molar-refractivity contribution in [2.75, 3.05) is 45.8 Å². The summed E-state index contributed by atoms with van der Waals surface area (Å²) in [5.74, 6) is 2.40. The van der Waals surface area contributed by atoms with Crippen LogP contribution in [0.3, 0.4) is 0 Å². The molecule has 2 N–H and O–H groups in total. The van der Waals surface area contributed by atoms with E-state index in [9.17, 15) is 9.59 Å². The van der Waals surface area contributed by atoms with Gasteiger partial charge in [-0.2, -0.15) is 0 Å². The van der Waals surface area contributed by atoms with E-state index < -0.39 is 0 Å². The summed E-state index contributed by atoms with van der Waals surface area (Å²) >= 11 is 0. The van der Waals surface area contributed by atoms with E-state index in [-0.39, 0.29) is 30.7 Å². The Labute approximate surface area is 195 Å². The second-order valence-electron chi connectivity index (χ2n) is 9.45. The fourth-order valence-electron chi connectivity index (χ4n) is 5.02. The van der Waals surface area contributed by atoms with Gasteiger partial charge in [-0.25, -0.2) is 0 Å². The van der Waals surface area contributed by atoms with Crippen LogP contribution in [0.25, 0.3) is 0 Å². The summed E-state index contributed by atoms with van der Waals surface area (Å²) in [5, 5.41) is 6.62. The molecule has 2 aliphatic heterocycles. The molecule has 0 aromatic heterocycles. The van der Waals surface area contributed by atoms with Crippen LogP contribution in [0.5, 0.6) is 0 Å². The summed E-state index contributed by atoms with van der Waals surface area (Å²) in [6.45, 7) is 10.3. The first kappa shape index (κ1) is 27.5. The zero-order chi connectivity index (χ0) is 19.9. The summed E-state index contributed by atoms with van der Waals surface area (Å²) in [7, 11) is 0. The predicted octanol–water partition coefficient (Wildman–Crippen LogP) is 2.69. The zero-order valence-electron chi connectivity index (χ0n) is 18.7. The lowest BCUT2D eigenvalue weighted by Crippen LogP contribution is -2.52. The standard InChI is InChI=1S/C22H40N4O2.2ClH/c1-17-3-5-20(6-4-17)24-21(27)16-25-11-13-26(14-12-25)22(28)15-18(2)19-7-9-23-10-8-19;;/h17-20,23H,3-16H2,1-2H3,(H,24,27);2*1H. The van der Waals surface area contributed by atoms with Crippen LogP contribution in [0.1, 0.15) is 58.8 Å². The number of carbonyl (C=O) groups excluding carboxylic acids is 2. The maximum absolute atomic E-state index is 12.7. The minimum atomic E-state index is 0. The summed E-state index contributed by atoms with van der Waals surface area (Å²) in [4.78, 5) is 29.2. The van der Waals surface area contributed by atoms with Gasteiger partial charge in [-0.1, -0.05) is 13.8 Å². The SMILES string of the molecule is CC1CCC(NC(=O)CN2CCN(C(=O)CC(C)C3CCNCC3)CC2)CC1.Cl.Cl. The van der Waals surface area contributed by atoms with Crippen molar-refractivity contribution in [1.29, 1.82) is 0 Å². The Morgan fingerprint density at radius 1 is 0.967 bits per heavy atom. The summed E-state index contributed by atoms with van der Waals surface area (Å²) in [5.41, 5.74) is 0. The lowest BCUT2D eigenvalue weighted by molar-refractivity contribution is -0.134. The highest BCUT2D eigenvalue weighted by Gasteiger charge is 2.27. The van der Waals surface area contributed by atoms with Gasteiger partial charge >= 0.3 is 0 Å². The largest absolute Gasteiger partial charge is 0.352 e. The number of rotatable bonds is 6. The van der Waals surface area contributed by atoms with Crippen LogP contribution in [0.2, 0.25) is 0 Å². The quantitative estimate of drug-likeness (QED) is 0.633. The highest BCUT2D eigenvalue weighted by molar-refractivity contribution is 5.85. The van der Waals surface area contributed by atoms with Gasteiger partial charge in [0.05, 0.1) is 6.54 Å². The number of amides is 2. The maximum Gasteiger partial charge on any atom is 0.234 e. The fraction of sp³-hybridized carbons (Fsp3) is 0.909. The molecule has 8 heteroatoms. The van der Waals surface area contributed by atoms with Crippen molar-refractivity contribution in [1.82, 2.24) is 20.4 Å². The van der Waals surface area contributed by atoms with E-state index in [4.69, 9.17) is 0 Å². The molecule has 0 radical (unpaired) electrons. The molecule has 2 heterocycles. The molecular formula is C22H42Cl2N4O2. The molecular weight excluding hydrogens is 423 g/mol. The van der Waals surface area contributed by atoms with Crippen molar-refractivity contribution >= 4 is 36.6 Å². The summed E-state index contributed by atoms with van der Waals surface area (Å²) < 4.78 is 0. The molecule has 1 atom stereocenters. The normalized spacial score (nSPS) is 26.8. The molecule has 3 fully saturated rings. The second-order valence-corrected chi connectivity index (χ2v) is 9.45. The van der Waals surface area contributed by atoms with Crippen LogP contribution >= 0.6 is 24.8 Å². The van der Waals surface area contributed by atoms with Crippen molar-refractivity contribution in [3.63, 3.8) is 0 Å². The van der Waals surface area contributed by atoms with Crippen LogP contribution in [0, 0.1) is 17.8 Å². The van der Waals surface area contributed by atoms with Crippen LogP contribution in [0.4, 0.5) is 0 Å². The van der Waals surface area contributed by atoms with Crippen molar-refractivity contribution in [3.05, 3.63) is 0 Å². The van der Waals surface area contributed by atoms with Gasteiger partial charge in [0.1, 0.15) is 0 Å². The first-order valence-electron chi connectivity index (χ1n) is 11.5. The first-order valence-corrected chi connectivity index (χ1v) is 11.5. The number of hydrogen-bond donors (Lipinski definition) is 2. The van der Waals surface area contributed by atoms with Crippen LogP contribution in [-0.2, 0) is 9.59 Å². The van der Waals surface area contributed by atoms with Crippen LogP contribution in [0.15, 0.2) is 0 Å². The molecule has 176 valence electrons. The highest BCUT2D eigenvalue weighted by atomic mass is 35.5. The molecule has 1 unspecified atom stereocenters. The van der Waals surface area contributed by atoms with Gasteiger partial charge in [-0.05, 0) is 69.4 Å². The number of nitrogens with zero attached hydrogens (tertiary/aromatic N) is 2. The Morgan fingerprint density at radius 3 is 2.17 bits per heavy atom. The highest BCUT2D eigenvalue weighted by Crippen LogP contribution is 2.25. The van der Waals surface area contributed by atoms with Crippen LogP contribution in [-0.4, -0.2) is 73.5 Å².